The number of carboxylic acids is 1. The van der Waals surface area contributed by atoms with Crippen molar-refractivity contribution in [1.82, 2.24) is 0 Å². The summed E-state index contributed by atoms with van der Waals surface area (Å²) in [5.41, 5.74) is 0. The van der Waals surface area contributed by atoms with Crippen LogP contribution < -0.4 is 0 Å². The molecule has 3 N–H and O–H groups in total. The van der Waals surface area contributed by atoms with E-state index in [4.69, 9.17) is 5.11 Å². The van der Waals surface area contributed by atoms with Gasteiger partial charge in [0.25, 0.3) is 0 Å². The van der Waals surface area contributed by atoms with Gasteiger partial charge in [0, 0.05) is 24.7 Å². The first-order valence-electron chi connectivity index (χ1n) is 9.24. The average Bonchev–Trinajstić information content (AvgIpc) is 2.78. The van der Waals surface area contributed by atoms with E-state index in [1.54, 1.807) is 6.08 Å². The maximum atomic E-state index is 12.1. The molecule has 1 rings (SSSR count). The fraction of sp³-hybridized carbons (Fsp3) is 0.789. The van der Waals surface area contributed by atoms with Crippen LogP contribution in [-0.4, -0.2) is 39.3 Å². The lowest BCUT2D eigenvalue weighted by molar-refractivity contribution is -0.137. The first-order valence-corrected chi connectivity index (χ1v) is 9.24. The van der Waals surface area contributed by atoms with Crippen molar-refractivity contribution >= 4 is 11.8 Å². The van der Waals surface area contributed by atoms with Crippen molar-refractivity contribution in [3.05, 3.63) is 12.2 Å². The Balaban J connectivity index is 2.44. The van der Waals surface area contributed by atoms with Gasteiger partial charge in [0.05, 0.1) is 12.2 Å². The van der Waals surface area contributed by atoms with Crippen molar-refractivity contribution in [2.45, 2.75) is 83.3 Å². The van der Waals surface area contributed by atoms with Gasteiger partial charge < -0.3 is 15.3 Å². The summed E-state index contributed by atoms with van der Waals surface area (Å²) in [6.07, 6.45) is 9.44. The van der Waals surface area contributed by atoms with Gasteiger partial charge in [0.2, 0.25) is 0 Å². The molecule has 1 unspecified atom stereocenters. The van der Waals surface area contributed by atoms with Crippen molar-refractivity contribution in [3.8, 4) is 0 Å². The number of hydrogen-bond donors (Lipinski definition) is 3. The second kappa shape index (κ2) is 11.4. The summed E-state index contributed by atoms with van der Waals surface area (Å²) < 4.78 is 0. The van der Waals surface area contributed by atoms with Crippen LogP contribution in [0.25, 0.3) is 0 Å². The number of unbranched alkanes of at least 4 members (excludes halogenated alkanes) is 4. The Morgan fingerprint density at radius 3 is 2.67 bits per heavy atom. The third-order valence-corrected chi connectivity index (χ3v) is 4.80. The maximum absolute atomic E-state index is 12.1. The molecule has 1 aliphatic rings. The molecule has 5 nitrogen and oxygen atoms in total. The average molecular weight is 340 g/mol. The molecule has 0 heterocycles. The molecule has 1 fully saturated rings. The van der Waals surface area contributed by atoms with Gasteiger partial charge in [-0.15, -0.1) is 0 Å². The van der Waals surface area contributed by atoms with Gasteiger partial charge in [0.1, 0.15) is 5.78 Å². The molecule has 0 bridgehead atoms. The standard InChI is InChI=1S/C19H32O5/c1-2-3-5-8-14(20)11-12-16-15(17(21)13-18(16)22)9-6-4-7-10-19(23)24/h11-12,14-16,18,20,22H,2-10,13H2,1H3,(H,23,24)/t14?,15-,16-,18-/m1/s1. The van der Waals surface area contributed by atoms with E-state index in [0.29, 0.717) is 19.3 Å². The summed E-state index contributed by atoms with van der Waals surface area (Å²) in [5.74, 6) is -1.14. The Kier molecular flexibility index (Phi) is 9.88. The van der Waals surface area contributed by atoms with Gasteiger partial charge in [0.15, 0.2) is 0 Å². The van der Waals surface area contributed by atoms with E-state index < -0.39 is 18.2 Å². The summed E-state index contributed by atoms with van der Waals surface area (Å²) in [4.78, 5) is 22.6. The fourth-order valence-electron chi connectivity index (χ4n) is 3.37. The molecular weight excluding hydrogens is 308 g/mol. The van der Waals surface area contributed by atoms with Crippen LogP contribution in [0.3, 0.4) is 0 Å². The molecule has 1 saturated carbocycles. The third kappa shape index (κ3) is 7.58. The fourth-order valence-corrected chi connectivity index (χ4v) is 3.37. The molecule has 0 saturated heterocycles. The van der Waals surface area contributed by atoms with Gasteiger partial charge in [-0.1, -0.05) is 51.2 Å². The largest absolute Gasteiger partial charge is 0.481 e. The second-order valence-corrected chi connectivity index (χ2v) is 6.86. The number of aliphatic hydroxyl groups is 2. The van der Waals surface area contributed by atoms with Crippen LogP contribution in [0.4, 0.5) is 0 Å². The number of hydrogen-bond acceptors (Lipinski definition) is 4. The molecule has 0 spiro atoms. The van der Waals surface area contributed by atoms with Crippen molar-refractivity contribution in [1.29, 1.82) is 0 Å². The van der Waals surface area contributed by atoms with Crippen molar-refractivity contribution in [3.63, 3.8) is 0 Å². The van der Waals surface area contributed by atoms with E-state index >= 15 is 0 Å². The molecule has 138 valence electrons. The van der Waals surface area contributed by atoms with Gasteiger partial charge in [-0.05, 0) is 19.3 Å². The normalized spacial score (nSPS) is 25.5. The Morgan fingerprint density at radius 1 is 1.25 bits per heavy atom. The number of carbonyl (C=O) groups excluding carboxylic acids is 1. The summed E-state index contributed by atoms with van der Waals surface area (Å²) >= 11 is 0. The number of aliphatic carboxylic acids is 1. The molecule has 0 aliphatic heterocycles. The van der Waals surface area contributed by atoms with Crippen molar-refractivity contribution in [2.24, 2.45) is 11.8 Å². The van der Waals surface area contributed by atoms with Crippen LogP contribution in [0.1, 0.15) is 71.1 Å². The first-order chi connectivity index (χ1) is 11.5. The summed E-state index contributed by atoms with van der Waals surface area (Å²) in [6, 6.07) is 0. The lowest BCUT2D eigenvalue weighted by Crippen LogP contribution is -2.19. The second-order valence-electron chi connectivity index (χ2n) is 6.86. The molecule has 0 amide bonds. The van der Waals surface area contributed by atoms with Gasteiger partial charge in [-0.25, -0.2) is 0 Å². The van der Waals surface area contributed by atoms with E-state index in [1.807, 2.05) is 6.08 Å². The minimum absolute atomic E-state index is 0.0795. The Bertz CT molecular complexity index is 418. The van der Waals surface area contributed by atoms with E-state index in [1.165, 1.54) is 0 Å². The maximum Gasteiger partial charge on any atom is 0.303 e. The first kappa shape index (κ1) is 20.8. The molecule has 4 atom stereocenters. The minimum Gasteiger partial charge on any atom is -0.481 e. The SMILES string of the molecule is CCCCCC(O)C=C[C@H]1[C@H](O)CC(=O)[C@@H]1CCCCCC(=O)O. The number of carboxylic acid groups (broad SMARTS) is 1. The molecule has 0 aromatic heterocycles. The van der Waals surface area contributed by atoms with Crippen molar-refractivity contribution < 1.29 is 24.9 Å². The minimum atomic E-state index is -0.791. The van der Waals surface area contributed by atoms with Gasteiger partial charge in [-0.2, -0.15) is 0 Å². The Hall–Kier alpha value is -1.20. The molecule has 0 radical (unpaired) electrons. The van der Waals surface area contributed by atoms with E-state index in [0.717, 1.165) is 32.1 Å². The highest BCUT2D eigenvalue weighted by Crippen LogP contribution is 2.34. The molecule has 5 heteroatoms. The predicted octanol–water partition coefficient (Wildman–Crippen LogP) is 3.09. The van der Waals surface area contributed by atoms with Gasteiger partial charge in [-0.3, -0.25) is 9.59 Å². The van der Waals surface area contributed by atoms with Crippen LogP contribution in [0.5, 0.6) is 0 Å². The highest BCUT2D eigenvalue weighted by molar-refractivity contribution is 5.84. The van der Waals surface area contributed by atoms with Crippen LogP contribution in [0.2, 0.25) is 0 Å². The zero-order valence-electron chi connectivity index (χ0n) is 14.7. The van der Waals surface area contributed by atoms with E-state index in [2.05, 4.69) is 6.92 Å². The zero-order chi connectivity index (χ0) is 17.9. The summed E-state index contributed by atoms with van der Waals surface area (Å²) in [6.45, 7) is 2.11. The Labute approximate surface area is 144 Å². The molecule has 0 aromatic carbocycles. The number of aliphatic hydroxyl groups excluding tert-OH is 2. The monoisotopic (exact) mass is 340 g/mol. The van der Waals surface area contributed by atoms with Crippen LogP contribution >= 0.6 is 0 Å². The number of Topliss-reactive ketones (excluding diaryl/α,β-unsaturated/α-hetero) is 1. The van der Waals surface area contributed by atoms with Crippen molar-refractivity contribution in [2.75, 3.05) is 0 Å². The van der Waals surface area contributed by atoms with Gasteiger partial charge >= 0.3 is 5.97 Å². The van der Waals surface area contributed by atoms with Crippen LogP contribution in [0, 0.1) is 11.8 Å². The Morgan fingerprint density at radius 2 is 2.00 bits per heavy atom. The number of carbonyl (C=O) groups is 2. The van der Waals surface area contributed by atoms with E-state index in [9.17, 15) is 19.8 Å². The summed E-state index contributed by atoms with van der Waals surface area (Å²) in [5, 5.41) is 28.7. The quantitative estimate of drug-likeness (QED) is 0.375. The predicted molar refractivity (Wildman–Crippen MR) is 92.6 cm³/mol. The lowest BCUT2D eigenvalue weighted by Gasteiger charge is -2.18. The smallest absolute Gasteiger partial charge is 0.303 e. The summed E-state index contributed by atoms with van der Waals surface area (Å²) in [7, 11) is 0. The molecule has 0 aromatic rings. The topological polar surface area (TPSA) is 94.8 Å². The van der Waals surface area contributed by atoms with E-state index in [-0.39, 0.29) is 30.5 Å². The molecule has 1 aliphatic carbocycles. The lowest BCUT2D eigenvalue weighted by atomic mass is 9.88. The van der Waals surface area contributed by atoms with Crippen LogP contribution in [-0.2, 0) is 9.59 Å². The highest BCUT2D eigenvalue weighted by Gasteiger charge is 2.39. The zero-order valence-corrected chi connectivity index (χ0v) is 14.7. The number of rotatable bonds is 12. The molecular formula is C19H32O5. The third-order valence-electron chi connectivity index (χ3n) is 4.80. The number of ketones is 1. The molecule has 24 heavy (non-hydrogen) atoms. The highest BCUT2D eigenvalue weighted by atomic mass is 16.4. The van der Waals surface area contributed by atoms with Crippen LogP contribution in [0.15, 0.2) is 12.2 Å².